The monoisotopic (exact) mass is 412 g/mol. The summed E-state index contributed by atoms with van der Waals surface area (Å²) in [6.45, 7) is 0. The fourth-order valence-corrected chi connectivity index (χ4v) is 3.27. The summed E-state index contributed by atoms with van der Waals surface area (Å²) < 4.78 is 10.8. The SMILES string of the molecule is COc1ccc(-c2n[nH]c(C3CC3)c2NC(=O)Nc2ccc(Cl)cc2)c(OC)c1. The molecule has 7 nitrogen and oxygen atoms in total. The molecule has 8 heteroatoms. The normalized spacial score (nSPS) is 13.1. The van der Waals surface area contributed by atoms with Crippen molar-refractivity contribution in [2.75, 3.05) is 24.9 Å². The summed E-state index contributed by atoms with van der Waals surface area (Å²) in [6.07, 6.45) is 2.13. The Hall–Kier alpha value is -3.19. The number of halogens is 1. The van der Waals surface area contributed by atoms with Crippen LogP contribution < -0.4 is 20.1 Å². The molecule has 1 heterocycles. The molecule has 1 aliphatic carbocycles. The van der Waals surface area contributed by atoms with Gasteiger partial charge in [0.1, 0.15) is 17.2 Å². The number of benzene rings is 2. The third kappa shape index (κ3) is 4.14. The number of aromatic amines is 1. The van der Waals surface area contributed by atoms with E-state index < -0.39 is 0 Å². The van der Waals surface area contributed by atoms with E-state index in [1.807, 2.05) is 12.1 Å². The van der Waals surface area contributed by atoms with E-state index in [0.717, 1.165) is 24.1 Å². The van der Waals surface area contributed by atoms with Gasteiger partial charge in [-0.15, -0.1) is 0 Å². The van der Waals surface area contributed by atoms with Gasteiger partial charge in [0.15, 0.2) is 0 Å². The summed E-state index contributed by atoms with van der Waals surface area (Å²) in [5.74, 6) is 1.66. The molecule has 1 aromatic heterocycles. The quantitative estimate of drug-likeness (QED) is 0.514. The van der Waals surface area contributed by atoms with E-state index in [2.05, 4.69) is 20.8 Å². The van der Waals surface area contributed by atoms with Gasteiger partial charge < -0.3 is 20.1 Å². The van der Waals surface area contributed by atoms with Gasteiger partial charge in [0.25, 0.3) is 0 Å². The third-order valence-corrected chi connectivity index (χ3v) is 5.04. The molecule has 0 saturated heterocycles. The Morgan fingerprint density at radius 3 is 2.52 bits per heavy atom. The molecule has 0 bridgehead atoms. The number of carbonyl (C=O) groups excluding carboxylic acids is 1. The van der Waals surface area contributed by atoms with Gasteiger partial charge in [-0.2, -0.15) is 5.10 Å². The van der Waals surface area contributed by atoms with Crippen molar-refractivity contribution in [1.29, 1.82) is 0 Å². The highest BCUT2D eigenvalue weighted by atomic mass is 35.5. The van der Waals surface area contributed by atoms with E-state index >= 15 is 0 Å². The number of aromatic nitrogens is 2. The molecule has 29 heavy (non-hydrogen) atoms. The number of hydrogen-bond donors (Lipinski definition) is 3. The van der Waals surface area contributed by atoms with Crippen LogP contribution in [0.3, 0.4) is 0 Å². The van der Waals surface area contributed by atoms with Crippen molar-refractivity contribution in [2.24, 2.45) is 0 Å². The zero-order chi connectivity index (χ0) is 20.4. The first-order chi connectivity index (χ1) is 14.1. The minimum atomic E-state index is -0.357. The highest BCUT2D eigenvalue weighted by Gasteiger charge is 2.31. The Labute approximate surface area is 173 Å². The van der Waals surface area contributed by atoms with Crippen LogP contribution in [0.25, 0.3) is 11.3 Å². The molecule has 1 fully saturated rings. The maximum Gasteiger partial charge on any atom is 0.323 e. The van der Waals surface area contributed by atoms with Gasteiger partial charge in [0.2, 0.25) is 0 Å². The average molecular weight is 413 g/mol. The Kier molecular flexibility index (Phi) is 5.31. The van der Waals surface area contributed by atoms with Crippen LogP contribution in [-0.4, -0.2) is 30.4 Å². The number of anilines is 2. The highest BCUT2D eigenvalue weighted by molar-refractivity contribution is 6.30. The number of carbonyl (C=O) groups is 1. The van der Waals surface area contributed by atoms with Crippen LogP contribution in [0, 0.1) is 0 Å². The Morgan fingerprint density at radius 1 is 1.10 bits per heavy atom. The van der Waals surface area contributed by atoms with Gasteiger partial charge >= 0.3 is 6.03 Å². The summed E-state index contributed by atoms with van der Waals surface area (Å²) in [4.78, 5) is 12.7. The Bertz CT molecular complexity index is 1030. The zero-order valence-electron chi connectivity index (χ0n) is 16.1. The summed E-state index contributed by atoms with van der Waals surface area (Å²) in [6, 6.07) is 12.1. The van der Waals surface area contributed by atoms with Crippen LogP contribution in [0.2, 0.25) is 5.02 Å². The van der Waals surface area contributed by atoms with Crippen LogP contribution >= 0.6 is 11.6 Å². The predicted molar refractivity (Wildman–Crippen MR) is 113 cm³/mol. The summed E-state index contributed by atoms with van der Waals surface area (Å²) >= 11 is 5.90. The van der Waals surface area contributed by atoms with Crippen LogP contribution in [0.15, 0.2) is 42.5 Å². The maximum atomic E-state index is 12.7. The predicted octanol–water partition coefficient (Wildman–Crippen LogP) is 5.27. The molecular weight excluding hydrogens is 392 g/mol. The van der Waals surface area contributed by atoms with E-state index in [9.17, 15) is 4.79 Å². The van der Waals surface area contributed by atoms with Gasteiger partial charge in [-0.05, 0) is 49.2 Å². The molecule has 3 N–H and O–H groups in total. The average Bonchev–Trinajstić information content (AvgIpc) is 3.50. The standard InChI is InChI=1S/C21H21ClN4O3/c1-28-15-9-10-16(17(11-15)29-2)19-20(18(25-26-19)12-3-4-12)24-21(27)23-14-7-5-13(22)6-8-14/h5-12H,3-4H2,1-2H3,(H,25,26)(H2,23,24,27). The van der Waals surface area contributed by atoms with E-state index in [-0.39, 0.29) is 6.03 Å². The molecular formula is C21H21ClN4O3. The molecule has 0 unspecified atom stereocenters. The Balaban J connectivity index is 1.65. The van der Waals surface area contributed by atoms with Crippen molar-refractivity contribution in [2.45, 2.75) is 18.8 Å². The highest BCUT2D eigenvalue weighted by Crippen LogP contribution is 2.46. The van der Waals surface area contributed by atoms with E-state index in [1.54, 1.807) is 44.6 Å². The smallest absolute Gasteiger partial charge is 0.323 e. The second kappa shape index (κ2) is 8.05. The molecule has 0 radical (unpaired) electrons. The minimum absolute atomic E-state index is 0.357. The fourth-order valence-electron chi connectivity index (χ4n) is 3.15. The zero-order valence-corrected chi connectivity index (χ0v) is 16.8. The fraction of sp³-hybridized carbons (Fsp3) is 0.238. The van der Waals surface area contributed by atoms with Crippen LogP contribution in [-0.2, 0) is 0 Å². The number of urea groups is 1. The molecule has 0 atom stereocenters. The molecule has 150 valence electrons. The first kappa shape index (κ1) is 19.1. The van der Waals surface area contributed by atoms with Crippen molar-refractivity contribution in [1.82, 2.24) is 10.2 Å². The number of H-pyrrole nitrogens is 1. The van der Waals surface area contributed by atoms with Crippen LogP contribution in [0.1, 0.15) is 24.5 Å². The number of ether oxygens (including phenoxy) is 2. The molecule has 0 aliphatic heterocycles. The van der Waals surface area contributed by atoms with Crippen LogP contribution in [0.5, 0.6) is 11.5 Å². The minimum Gasteiger partial charge on any atom is -0.497 e. The lowest BCUT2D eigenvalue weighted by Crippen LogP contribution is -2.20. The maximum absolute atomic E-state index is 12.7. The van der Waals surface area contributed by atoms with Gasteiger partial charge in [-0.25, -0.2) is 4.79 Å². The first-order valence-corrected chi connectivity index (χ1v) is 9.61. The van der Waals surface area contributed by atoms with E-state index in [4.69, 9.17) is 21.1 Å². The molecule has 1 saturated carbocycles. The number of nitrogens with zero attached hydrogens (tertiary/aromatic N) is 1. The molecule has 4 rings (SSSR count). The Morgan fingerprint density at radius 2 is 1.86 bits per heavy atom. The third-order valence-electron chi connectivity index (χ3n) is 4.78. The number of nitrogens with one attached hydrogen (secondary N) is 3. The van der Waals surface area contributed by atoms with Gasteiger partial charge in [0.05, 0.1) is 25.6 Å². The van der Waals surface area contributed by atoms with Crippen molar-refractivity contribution in [3.8, 4) is 22.8 Å². The lowest BCUT2D eigenvalue weighted by Gasteiger charge is -2.12. The van der Waals surface area contributed by atoms with E-state index in [0.29, 0.717) is 39.5 Å². The van der Waals surface area contributed by atoms with Crippen molar-refractivity contribution in [3.63, 3.8) is 0 Å². The topological polar surface area (TPSA) is 88.3 Å². The second-order valence-electron chi connectivity index (χ2n) is 6.79. The van der Waals surface area contributed by atoms with Crippen LogP contribution in [0.4, 0.5) is 16.2 Å². The number of amides is 2. The summed E-state index contributed by atoms with van der Waals surface area (Å²) in [5, 5.41) is 14.0. The molecule has 1 aliphatic rings. The van der Waals surface area contributed by atoms with Gasteiger partial charge in [-0.1, -0.05) is 11.6 Å². The largest absolute Gasteiger partial charge is 0.497 e. The summed E-state index contributed by atoms with van der Waals surface area (Å²) in [5.41, 5.74) is 3.61. The molecule has 3 aromatic rings. The number of methoxy groups -OCH3 is 2. The van der Waals surface area contributed by atoms with Crippen molar-refractivity contribution >= 4 is 29.0 Å². The second-order valence-corrected chi connectivity index (χ2v) is 7.22. The van der Waals surface area contributed by atoms with Gasteiger partial charge in [-0.3, -0.25) is 5.10 Å². The summed E-state index contributed by atoms with van der Waals surface area (Å²) in [7, 11) is 3.19. The lowest BCUT2D eigenvalue weighted by molar-refractivity contribution is 0.262. The number of hydrogen-bond acceptors (Lipinski definition) is 4. The molecule has 2 amide bonds. The lowest BCUT2D eigenvalue weighted by atomic mass is 10.1. The molecule has 2 aromatic carbocycles. The first-order valence-electron chi connectivity index (χ1n) is 9.23. The van der Waals surface area contributed by atoms with Gasteiger partial charge in [0, 0.05) is 28.3 Å². The van der Waals surface area contributed by atoms with Crippen molar-refractivity contribution in [3.05, 3.63) is 53.2 Å². The number of rotatable bonds is 6. The van der Waals surface area contributed by atoms with Crippen molar-refractivity contribution < 1.29 is 14.3 Å². The molecule has 0 spiro atoms. The van der Waals surface area contributed by atoms with E-state index in [1.165, 1.54) is 0 Å².